The maximum atomic E-state index is 13.3. The molecule has 3 unspecified atom stereocenters. The summed E-state index contributed by atoms with van der Waals surface area (Å²) in [5.74, 6) is -1.14. The normalized spacial score (nSPS) is 32.3. The van der Waals surface area contributed by atoms with Crippen LogP contribution >= 0.6 is 15.9 Å². The number of carbonyl (C=O) groups excluding carboxylic acids is 2. The smallest absolute Gasteiger partial charge is 0.312 e. The number of esters is 1. The molecule has 3 heterocycles. The summed E-state index contributed by atoms with van der Waals surface area (Å²) in [6.45, 7) is 6.83. The molecule has 2 bridgehead atoms. The Kier molecular flexibility index (Phi) is 4.67. The van der Waals surface area contributed by atoms with Crippen LogP contribution in [0.15, 0.2) is 40.9 Å². The fraction of sp³-hybridized carbons (Fsp3) is 0.524. The molecule has 0 N–H and O–H groups in total. The summed E-state index contributed by atoms with van der Waals surface area (Å²) < 4.78 is 12.6. The Balaban J connectivity index is 1.57. The van der Waals surface area contributed by atoms with Crippen LogP contribution in [-0.2, 0) is 19.1 Å². The zero-order valence-electron chi connectivity index (χ0n) is 15.7. The van der Waals surface area contributed by atoms with Crippen molar-refractivity contribution in [2.45, 2.75) is 38.5 Å². The van der Waals surface area contributed by atoms with Gasteiger partial charge in [0.1, 0.15) is 11.5 Å². The monoisotopic (exact) mass is 433 g/mol. The minimum atomic E-state index is -0.701. The molecule has 5 atom stereocenters. The van der Waals surface area contributed by atoms with Gasteiger partial charge in [-0.15, -0.1) is 0 Å². The first-order valence-electron chi connectivity index (χ1n) is 9.42. The molecule has 3 aliphatic rings. The van der Waals surface area contributed by atoms with E-state index in [2.05, 4.69) is 15.9 Å². The van der Waals surface area contributed by atoms with Crippen LogP contribution < -0.4 is 0 Å². The zero-order chi connectivity index (χ0) is 19.3. The summed E-state index contributed by atoms with van der Waals surface area (Å²) in [6, 6.07) is 7.88. The number of nitrogens with zero attached hydrogens (tertiary/aromatic N) is 1. The van der Waals surface area contributed by atoms with Gasteiger partial charge in [-0.2, -0.15) is 0 Å². The highest BCUT2D eigenvalue weighted by Gasteiger charge is 2.67. The lowest BCUT2D eigenvalue weighted by Crippen LogP contribution is -2.40. The number of fused-ring (bicyclic) bond motifs is 1. The zero-order valence-corrected chi connectivity index (χ0v) is 17.3. The number of likely N-dealkylation sites (tertiary alicyclic amines) is 1. The summed E-state index contributed by atoms with van der Waals surface area (Å²) in [7, 11) is 0. The molecule has 5 nitrogen and oxygen atoms in total. The third-order valence-electron chi connectivity index (χ3n) is 5.78. The molecule has 27 heavy (non-hydrogen) atoms. The van der Waals surface area contributed by atoms with Gasteiger partial charge >= 0.3 is 5.97 Å². The Morgan fingerprint density at radius 3 is 2.70 bits per heavy atom. The molecule has 1 aromatic carbocycles. The Bertz CT molecular complexity index is 790. The second-order valence-electron chi connectivity index (χ2n) is 8.12. The lowest BCUT2D eigenvalue weighted by atomic mass is 9.77. The van der Waals surface area contributed by atoms with E-state index in [0.717, 1.165) is 10.0 Å². The van der Waals surface area contributed by atoms with E-state index in [1.807, 2.05) is 62.1 Å². The summed E-state index contributed by atoms with van der Waals surface area (Å²) in [5, 5.41) is 0. The van der Waals surface area contributed by atoms with Gasteiger partial charge in [0, 0.05) is 4.47 Å². The topological polar surface area (TPSA) is 55.8 Å². The third-order valence-corrected chi connectivity index (χ3v) is 6.31. The number of halogens is 1. The van der Waals surface area contributed by atoms with E-state index in [1.54, 1.807) is 0 Å². The molecule has 1 spiro atoms. The first-order valence-corrected chi connectivity index (χ1v) is 10.2. The highest BCUT2D eigenvalue weighted by molar-refractivity contribution is 9.10. The van der Waals surface area contributed by atoms with Crippen LogP contribution in [0.1, 0.15) is 32.4 Å². The van der Waals surface area contributed by atoms with Crippen molar-refractivity contribution in [3.05, 3.63) is 46.5 Å². The molecule has 4 rings (SSSR count). The van der Waals surface area contributed by atoms with Crippen molar-refractivity contribution in [1.29, 1.82) is 0 Å². The number of hydrogen-bond acceptors (Lipinski definition) is 4. The van der Waals surface area contributed by atoms with E-state index in [-0.39, 0.29) is 29.9 Å². The fourth-order valence-electron chi connectivity index (χ4n) is 4.39. The SMILES string of the molecule is CC(C)COC(=O)C1[C@H]2C=CC3(CN(C(C)c4ccc(Br)cc4)C(=O)[C@@H]13)O2. The van der Waals surface area contributed by atoms with Crippen LogP contribution in [-0.4, -0.2) is 41.6 Å². The van der Waals surface area contributed by atoms with Gasteiger partial charge in [0.25, 0.3) is 0 Å². The molecule has 0 aromatic heterocycles. The number of carbonyl (C=O) groups is 2. The Hall–Kier alpha value is -1.66. The van der Waals surface area contributed by atoms with Crippen molar-refractivity contribution in [3.63, 3.8) is 0 Å². The third kappa shape index (κ3) is 3.03. The molecule has 1 aromatic rings. The van der Waals surface area contributed by atoms with E-state index in [4.69, 9.17) is 9.47 Å². The summed E-state index contributed by atoms with van der Waals surface area (Å²) in [6.07, 6.45) is 3.53. The number of rotatable bonds is 5. The van der Waals surface area contributed by atoms with Crippen LogP contribution in [0.2, 0.25) is 0 Å². The average molecular weight is 434 g/mol. The van der Waals surface area contributed by atoms with E-state index in [1.165, 1.54) is 0 Å². The van der Waals surface area contributed by atoms with E-state index >= 15 is 0 Å². The van der Waals surface area contributed by atoms with Crippen molar-refractivity contribution in [3.8, 4) is 0 Å². The predicted molar refractivity (Wildman–Crippen MR) is 104 cm³/mol. The van der Waals surface area contributed by atoms with Crippen LogP contribution in [0.5, 0.6) is 0 Å². The van der Waals surface area contributed by atoms with Crippen LogP contribution in [0.25, 0.3) is 0 Å². The molecule has 2 fully saturated rings. The van der Waals surface area contributed by atoms with E-state index in [0.29, 0.717) is 13.2 Å². The standard InChI is InChI=1S/C21H24BrNO4/c1-12(2)10-26-20(25)17-16-8-9-21(27-16)11-23(19(24)18(17)21)13(3)14-4-6-15(22)7-5-14/h4-9,12-13,16-18H,10-11H2,1-3H3/t13?,16-,17?,18-,21?/m1/s1. The molecule has 0 radical (unpaired) electrons. The first kappa shape index (κ1) is 18.7. The van der Waals surface area contributed by atoms with Gasteiger partial charge in [0.15, 0.2) is 0 Å². The summed E-state index contributed by atoms with van der Waals surface area (Å²) in [5.41, 5.74) is 0.354. The lowest BCUT2D eigenvalue weighted by Gasteiger charge is -2.27. The molecule has 144 valence electrons. The number of hydrogen-bond donors (Lipinski definition) is 0. The minimum Gasteiger partial charge on any atom is -0.465 e. The highest BCUT2D eigenvalue weighted by Crippen LogP contribution is 2.53. The Labute approximate surface area is 167 Å². The quantitative estimate of drug-likeness (QED) is 0.526. The second-order valence-corrected chi connectivity index (χ2v) is 9.03. The van der Waals surface area contributed by atoms with Gasteiger partial charge in [0.2, 0.25) is 5.91 Å². The van der Waals surface area contributed by atoms with Gasteiger partial charge in [0.05, 0.1) is 31.2 Å². The first-order chi connectivity index (χ1) is 12.8. The maximum Gasteiger partial charge on any atom is 0.312 e. The van der Waals surface area contributed by atoms with E-state index < -0.39 is 17.4 Å². The Morgan fingerprint density at radius 2 is 2.04 bits per heavy atom. The van der Waals surface area contributed by atoms with Crippen molar-refractivity contribution in [2.75, 3.05) is 13.2 Å². The van der Waals surface area contributed by atoms with Crippen LogP contribution in [0.4, 0.5) is 0 Å². The van der Waals surface area contributed by atoms with Crippen molar-refractivity contribution in [2.24, 2.45) is 17.8 Å². The van der Waals surface area contributed by atoms with Gasteiger partial charge in [-0.25, -0.2) is 0 Å². The number of benzene rings is 1. The van der Waals surface area contributed by atoms with E-state index in [9.17, 15) is 9.59 Å². The average Bonchev–Trinajstić information content (AvgIpc) is 3.28. The number of amides is 1. The summed E-state index contributed by atoms with van der Waals surface area (Å²) >= 11 is 3.44. The highest BCUT2D eigenvalue weighted by atomic mass is 79.9. The fourth-order valence-corrected chi connectivity index (χ4v) is 4.66. The van der Waals surface area contributed by atoms with Crippen molar-refractivity contribution < 1.29 is 19.1 Å². The Morgan fingerprint density at radius 1 is 1.33 bits per heavy atom. The summed E-state index contributed by atoms with van der Waals surface area (Å²) in [4.78, 5) is 27.8. The van der Waals surface area contributed by atoms with Crippen LogP contribution in [0.3, 0.4) is 0 Å². The maximum absolute atomic E-state index is 13.3. The molecule has 3 aliphatic heterocycles. The molecule has 1 amide bonds. The molecule has 0 saturated carbocycles. The molecule has 6 heteroatoms. The molecular formula is C21H24BrNO4. The van der Waals surface area contributed by atoms with Crippen molar-refractivity contribution in [1.82, 2.24) is 4.90 Å². The van der Waals surface area contributed by atoms with Gasteiger partial charge < -0.3 is 14.4 Å². The molecular weight excluding hydrogens is 410 g/mol. The predicted octanol–water partition coefficient (Wildman–Crippen LogP) is 3.49. The molecule has 2 saturated heterocycles. The van der Waals surface area contributed by atoms with Crippen molar-refractivity contribution >= 4 is 27.8 Å². The van der Waals surface area contributed by atoms with Gasteiger partial charge in [-0.1, -0.05) is 54.1 Å². The van der Waals surface area contributed by atoms with Gasteiger partial charge in [-0.05, 0) is 30.5 Å². The second kappa shape index (κ2) is 6.74. The lowest BCUT2D eigenvalue weighted by molar-refractivity contribution is -0.155. The number of ether oxygens (including phenoxy) is 2. The van der Waals surface area contributed by atoms with Crippen LogP contribution in [0, 0.1) is 17.8 Å². The largest absolute Gasteiger partial charge is 0.465 e. The minimum absolute atomic E-state index is 0.0243. The van der Waals surface area contributed by atoms with Gasteiger partial charge in [-0.3, -0.25) is 9.59 Å². The molecule has 0 aliphatic carbocycles.